The molecule has 0 radical (unpaired) electrons. The molecule has 2 heterocycles. The highest BCUT2D eigenvalue weighted by Gasteiger charge is 2.29. The molecule has 2 N–H and O–H groups in total. The quantitative estimate of drug-likeness (QED) is 0.607. The zero-order chi connectivity index (χ0) is 12.1. The molecule has 1 aromatic rings. The molecule has 0 saturated carbocycles. The van der Waals surface area contributed by atoms with Gasteiger partial charge in [-0.2, -0.15) is 5.10 Å². The van der Waals surface area contributed by atoms with E-state index in [0.29, 0.717) is 17.3 Å². The van der Waals surface area contributed by atoms with Crippen molar-refractivity contribution in [3.8, 4) is 0 Å². The molecule has 0 aromatic carbocycles. The van der Waals surface area contributed by atoms with Crippen LogP contribution in [0, 0.1) is 0 Å². The number of nitrogens with zero attached hydrogens (tertiary/aromatic N) is 2. The minimum atomic E-state index is -0.280. The smallest absolute Gasteiger partial charge is 0.239 e. The summed E-state index contributed by atoms with van der Waals surface area (Å²) in [7, 11) is 0. The van der Waals surface area contributed by atoms with Gasteiger partial charge < -0.3 is 14.8 Å². The van der Waals surface area contributed by atoms with Gasteiger partial charge in [0.15, 0.2) is 5.17 Å². The van der Waals surface area contributed by atoms with Crippen LogP contribution in [0.5, 0.6) is 0 Å². The number of aliphatic hydroxyl groups excluding tert-OH is 1. The van der Waals surface area contributed by atoms with Gasteiger partial charge in [-0.1, -0.05) is 11.8 Å². The second-order valence-electron chi connectivity index (χ2n) is 3.27. The fourth-order valence-electron chi connectivity index (χ4n) is 1.26. The van der Waals surface area contributed by atoms with Crippen LogP contribution in [0.15, 0.2) is 33.0 Å². The van der Waals surface area contributed by atoms with Crippen molar-refractivity contribution in [2.45, 2.75) is 11.7 Å². The number of amidine groups is 1. The lowest BCUT2D eigenvalue weighted by Gasteiger charge is -1.98. The summed E-state index contributed by atoms with van der Waals surface area (Å²) in [4.78, 5) is 11.4. The van der Waals surface area contributed by atoms with E-state index < -0.39 is 0 Å². The number of carbonyl (C=O) groups excluding carboxylic acids is 1. The molecule has 6 nitrogen and oxygen atoms in total. The lowest BCUT2D eigenvalue weighted by molar-refractivity contribution is -0.119. The summed E-state index contributed by atoms with van der Waals surface area (Å²) in [5.41, 5.74) is 0. The summed E-state index contributed by atoms with van der Waals surface area (Å²) < 4.78 is 5.03. The highest BCUT2D eigenvalue weighted by molar-refractivity contribution is 8.15. The Balaban J connectivity index is 1.93. The number of hydrogen-bond acceptors (Lipinski definition) is 6. The number of furan rings is 1. The third-order valence-electron chi connectivity index (χ3n) is 2.04. The predicted octanol–water partition coefficient (Wildman–Crippen LogP) is 0.583. The topological polar surface area (TPSA) is 87.2 Å². The van der Waals surface area contributed by atoms with E-state index in [1.54, 1.807) is 12.1 Å². The van der Waals surface area contributed by atoms with E-state index in [9.17, 15) is 4.79 Å². The Kier molecular flexibility index (Phi) is 3.94. The highest BCUT2D eigenvalue weighted by atomic mass is 32.2. The van der Waals surface area contributed by atoms with Gasteiger partial charge in [-0.25, -0.2) is 0 Å². The molecule has 0 aliphatic carbocycles. The molecule has 1 unspecified atom stereocenters. The van der Waals surface area contributed by atoms with Crippen molar-refractivity contribution in [1.82, 2.24) is 5.32 Å². The fraction of sp³-hybridized carbons (Fsp3) is 0.300. The minimum absolute atomic E-state index is 0.0198. The van der Waals surface area contributed by atoms with Crippen LogP contribution < -0.4 is 5.32 Å². The van der Waals surface area contributed by atoms with E-state index in [0.717, 1.165) is 0 Å². The summed E-state index contributed by atoms with van der Waals surface area (Å²) in [6.07, 6.45) is 3.41. The molecule has 0 bridgehead atoms. The Morgan fingerprint density at radius 1 is 1.65 bits per heavy atom. The van der Waals surface area contributed by atoms with Crippen molar-refractivity contribution >= 4 is 29.1 Å². The van der Waals surface area contributed by atoms with Crippen molar-refractivity contribution in [3.63, 3.8) is 0 Å². The SMILES string of the molecule is O=C1NC(=NN=Cc2ccco2)SC1CCO. The zero-order valence-corrected chi connectivity index (χ0v) is 9.68. The number of nitrogens with one attached hydrogen (secondary N) is 1. The first-order chi connectivity index (χ1) is 8.29. The number of hydrogen-bond donors (Lipinski definition) is 2. The number of rotatable bonds is 4. The van der Waals surface area contributed by atoms with Gasteiger partial charge in [0.1, 0.15) is 5.76 Å². The molecule has 17 heavy (non-hydrogen) atoms. The van der Waals surface area contributed by atoms with Crippen molar-refractivity contribution in [2.24, 2.45) is 10.2 Å². The summed E-state index contributed by atoms with van der Waals surface area (Å²) in [5, 5.41) is 19.2. The summed E-state index contributed by atoms with van der Waals surface area (Å²) in [6.45, 7) is -0.0198. The predicted molar refractivity (Wildman–Crippen MR) is 65.0 cm³/mol. The molecule has 1 aliphatic heterocycles. The third-order valence-corrected chi connectivity index (χ3v) is 3.19. The maximum absolute atomic E-state index is 11.4. The highest BCUT2D eigenvalue weighted by Crippen LogP contribution is 2.21. The maximum atomic E-state index is 11.4. The lowest BCUT2D eigenvalue weighted by atomic mass is 10.3. The normalized spacial score (nSPS) is 22.5. The fourth-order valence-corrected chi connectivity index (χ4v) is 2.17. The Labute approximate surface area is 102 Å². The van der Waals surface area contributed by atoms with Gasteiger partial charge in [0.2, 0.25) is 5.91 Å². The third kappa shape index (κ3) is 3.18. The van der Waals surface area contributed by atoms with Crippen LogP contribution in [0.25, 0.3) is 0 Å². The van der Waals surface area contributed by atoms with Gasteiger partial charge in [-0.3, -0.25) is 4.79 Å². The average molecular weight is 253 g/mol. The monoisotopic (exact) mass is 253 g/mol. The number of thioether (sulfide) groups is 1. The first kappa shape index (κ1) is 11.9. The maximum Gasteiger partial charge on any atom is 0.239 e. The molecular formula is C10H11N3O3S. The van der Waals surface area contributed by atoms with Crippen molar-refractivity contribution in [2.75, 3.05) is 6.61 Å². The van der Waals surface area contributed by atoms with E-state index >= 15 is 0 Å². The summed E-state index contributed by atoms with van der Waals surface area (Å²) >= 11 is 1.27. The van der Waals surface area contributed by atoms with E-state index in [1.165, 1.54) is 24.2 Å². The van der Waals surface area contributed by atoms with Crippen LogP contribution in [0.3, 0.4) is 0 Å². The first-order valence-corrected chi connectivity index (χ1v) is 5.90. The van der Waals surface area contributed by atoms with Gasteiger partial charge in [0.05, 0.1) is 17.7 Å². The number of aliphatic hydroxyl groups is 1. The van der Waals surface area contributed by atoms with E-state index in [2.05, 4.69) is 15.5 Å². The molecule has 1 atom stereocenters. The van der Waals surface area contributed by atoms with Crippen LogP contribution in [-0.2, 0) is 4.79 Å². The molecule has 0 spiro atoms. The first-order valence-electron chi connectivity index (χ1n) is 5.02. The van der Waals surface area contributed by atoms with Crippen LogP contribution >= 0.6 is 11.8 Å². The molecule has 1 saturated heterocycles. The Morgan fingerprint density at radius 2 is 2.53 bits per heavy atom. The molecule has 1 fully saturated rings. The average Bonchev–Trinajstić information content (AvgIpc) is 2.91. The zero-order valence-electron chi connectivity index (χ0n) is 8.87. The molecule has 7 heteroatoms. The lowest BCUT2D eigenvalue weighted by Crippen LogP contribution is -2.25. The van der Waals surface area contributed by atoms with E-state index in [1.807, 2.05) is 0 Å². The number of carbonyl (C=O) groups is 1. The molecule has 90 valence electrons. The van der Waals surface area contributed by atoms with Crippen molar-refractivity contribution < 1.29 is 14.3 Å². The van der Waals surface area contributed by atoms with Gasteiger partial charge in [-0.15, -0.1) is 5.10 Å². The van der Waals surface area contributed by atoms with Crippen LogP contribution in [0.4, 0.5) is 0 Å². The van der Waals surface area contributed by atoms with Gasteiger partial charge in [-0.05, 0) is 18.6 Å². The Morgan fingerprint density at radius 3 is 3.24 bits per heavy atom. The van der Waals surface area contributed by atoms with Crippen LogP contribution in [0.1, 0.15) is 12.2 Å². The second kappa shape index (κ2) is 5.65. The second-order valence-corrected chi connectivity index (χ2v) is 4.46. The number of amides is 1. The Bertz CT molecular complexity index is 442. The van der Waals surface area contributed by atoms with Gasteiger partial charge in [0, 0.05) is 6.61 Å². The Hall–Kier alpha value is -1.60. The van der Waals surface area contributed by atoms with Gasteiger partial charge in [0.25, 0.3) is 0 Å². The minimum Gasteiger partial charge on any atom is -0.463 e. The molecule has 2 rings (SSSR count). The molecule has 1 aromatic heterocycles. The van der Waals surface area contributed by atoms with Crippen LogP contribution in [-0.4, -0.2) is 34.3 Å². The summed E-state index contributed by atoms with van der Waals surface area (Å²) in [5.74, 6) is 0.451. The van der Waals surface area contributed by atoms with E-state index in [-0.39, 0.29) is 17.8 Å². The standard InChI is InChI=1S/C10H11N3O3S/c14-4-3-8-9(15)12-10(17-8)13-11-6-7-2-1-5-16-7/h1-2,5-6,8,14H,3-4H2,(H,12,13,15). The molecule has 1 aliphatic rings. The largest absolute Gasteiger partial charge is 0.463 e. The van der Waals surface area contributed by atoms with Gasteiger partial charge >= 0.3 is 0 Å². The summed E-state index contributed by atoms with van der Waals surface area (Å²) in [6, 6.07) is 3.50. The molecular weight excluding hydrogens is 242 g/mol. The van der Waals surface area contributed by atoms with E-state index in [4.69, 9.17) is 9.52 Å². The molecule has 1 amide bonds. The van der Waals surface area contributed by atoms with Crippen LogP contribution in [0.2, 0.25) is 0 Å². The van der Waals surface area contributed by atoms with Crippen molar-refractivity contribution in [3.05, 3.63) is 24.2 Å². The van der Waals surface area contributed by atoms with Crippen molar-refractivity contribution in [1.29, 1.82) is 0 Å².